The van der Waals surface area contributed by atoms with Crippen molar-refractivity contribution in [2.24, 2.45) is 0 Å². The Morgan fingerprint density at radius 1 is 0.302 bits per heavy atom. The maximum atomic E-state index is 6.76. The van der Waals surface area contributed by atoms with Gasteiger partial charge in [-0.2, -0.15) is 0 Å². The second kappa shape index (κ2) is 14.5. The van der Waals surface area contributed by atoms with Gasteiger partial charge in [0.2, 0.25) is 0 Å². The highest BCUT2D eigenvalue weighted by Gasteiger charge is 2.24. The Morgan fingerprint density at radius 3 is 1.62 bits per heavy atom. The smallest absolute Gasteiger partial charge is 0.135 e. The first-order valence-electron chi connectivity index (χ1n) is 21.2. The van der Waals surface area contributed by atoms with E-state index < -0.39 is 0 Å². The first kappa shape index (κ1) is 36.0. The summed E-state index contributed by atoms with van der Waals surface area (Å²) in [6.45, 7) is 0. The van der Waals surface area contributed by atoms with Gasteiger partial charge in [0.25, 0.3) is 0 Å². The summed E-state index contributed by atoms with van der Waals surface area (Å²) in [7, 11) is 0. The number of para-hydroxylation sites is 2. The molecule has 63 heavy (non-hydrogen) atoms. The Bertz CT molecular complexity index is 3740. The van der Waals surface area contributed by atoms with Crippen molar-refractivity contribution in [1.29, 1.82) is 0 Å². The molecule has 0 radical (unpaired) electrons. The van der Waals surface area contributed by atoms with Gasteiger partial charge in [0.15, 0.2) is 0 Å². The van der Waals surface area contributed by atoms with Crippen LogP contribution in [0.15, 0.2) is 218 Å². The average Bonchev–Trinajstić information content (AvgIpc) is 3.90. The second-order valence-electron chi connectivity index (χ2n) is 16.1. The number of anilines is 6. The van der Waals surface area contributed by atoms with Crippen LogP contribution in [0.4, 0.5) is 34.1 Å². The fourth-order valence-corrected chi connectivity index (χ4v) is 11.7. The van der Waals surface area contributed by atoms with Gasteiger partial charge in [0.05, 0.1) is 0 Å². The second-order valence-corrected chi connectivity index (χ2v) is 18.3. The lowest BCUT2D eigenvalue weighted by atomic mass is 9.92. The van der Waals surface area contributed by atoms with Crippen molar-refractivity contribution in [2.45, 2.75) is 0 Å². The van der Waals surface area contributed by atoms with E-state index in [4.69, 9.17) is 4.74 Å². The third-order valence-corrected chi connectivity index (χ3v) is 14.7. The van der Waals surface area contributed by atoms with Crippen molar-refractivity contribution < 1.29 is 4.74 Å². The Hall–Kier alpha value is -7.70. The molecule has 0 atom stereocenters. The largest absolute Gasteiger partial charge is 0.456 e. The molecule has 3 heterocycles. The van der Waals surface area contributed by atoms with Crippen molar-refractivity contribution in [3.8, 4) is 33.8 Å². The van der Waals surface area contributed by atoms with Gasteiger partial charge in [-0.1, -0.05) is 115 Å². The standard InChI is InChI=1S/C58H36N2OS2/c1-3-15-40(16-4-1)59(42-27-30-56-51(35-42)48-20-8-10-24-55(48)62-56)44-31-39(38-25-28-46-50-21-11-13-37-14-12-22-52(58(37)50)61-53(46)33-38)32-45(34-44)60(41-17-5-2-6-18-41)43-26-29-49-47-19-7-9-23-54(47)63-57(49)36-43/h1-36H. The van der Waals surface area contributed by atoms with Gasteiger partial charge in [-0.25, -0.2) is 0 Å². The summed E-state index contributed by atoms with van der Waals surface area (Å²) in [5.41, 5.74) is 10.9. The minimum absolute atomic E-state index is 0.857. The van der Waals surface area contributed by atoms with Gasteiger partial charge in [0.1, 0.15) is 11.5 Å². The normalized spacial score (nSPS) is 11.9. The molecule has 13 rings (SSSR count). The zero-order valence-electron chi connectivity index (χ0n) is 33.9. The van der Waals surface area contributed by atoms with Crippen LogP contribution in [0.5, 0.6) is 11.5 Å². The van der Waals surface area contributed by atoms with Crippen LogP contribution in [0, 0.1) is 0 Å². The summed E-state index contributed by atoms with van der Waals surface area (Å²) >= 11 is 3.69. The summed E-state index contributed by atoms with van der Waals surface area (Å²) in [5.74, 6) is 1.75. The fourth-order valence-electron chi connectivity index (χ4n) is 9.52. The van der Waals surface area contributed by atoms with E-state index >= 15 is 0 Å². The molecule has 0 bridgehead atoms. The molecule has 2 aromatic heterocycles. The summed E-state index contributed by atoms with van der Waals surface area (Å²) in [6.07, 6.45) is 0. The van der Waals surface area contributed by atoms with Gasteiger partial charge >= 0.3 is 0 Å². The Kier molecular flexibility index (Phi) is 8.26. The molecule has 1 aliphatic heterocycles. The van der Waals surface area contributed by atoms with Gasteiger partial charge in [-0.3, -0.25) is 0 Å². The number of hydrogen-bond acceptors (Lipinski definition) is 5. The SMILES string of the molecule is c1ccc(N(c2cc(-c3ccc4c(c3)Oc3cccc5cccc-4c35)cc(N(c3ccccc3)c3ccc4sc5ccccc5c4c3)c2)c2ccc3c(c2)sc2ccccc23)cc1. The minimum atomic E-state index is 0.857. The number of nitrogens with zero attached hydrogens (tertiary/aromatic N) is 2. The molecule has 5 heteroatoms. The third-order valence-electron chi connectivity index (χ3n) is 12.4. The lowest BCUT2D eigenvalue weighted by Gasteiger charge is -2.30. The third kappa shape index (κ3) is 6.00. The summed E-state index contributed by atoms with van der Waals surface area (Å²) in [6, 6.07) is 79.4. The highest BCUT2D eigenvalue weighted by atomic mass is 32.1. The summed E-state index contributed by atoms with van der Waals surface area (Å²) < 4.78 is 11.9. The molecule has 0 spiro atoms. The summed E-state index contributed by atoms with van der Waals surface area (Å²) in [5, 5.41) is 7.45. The molecule has 3 nitrogen and oxygen atoms in total. The van der Waals surface area contributed by atoms with Crippen molar-refractivity contribution in [3.05, 3.63) is 218 Å². The number of benzene rings is 10. The van der Waals surface area contributed by atoms with Crippen molar-refractivity contribution in [2.75, 3.05) is 9.80 Å². The van der Waals surface area contributed by atoms with Crippen LogP contribution in [0.3, 0.4) is 0 Å². The van der Waals surface area contributed by atoms with Crippen LogP contribution in [-0.4, -0.2) is 0 Å². The topological polar surface area (TPSA) is 15.7 Å². The maximum Gasteiger partial charge on any atom is 0.135 e. The lowest BCUT2D eigenvalue weighted by molar-refractivity contribution is 0.487. The van der Waals surface area contributed by atoms with E-state index in [0.29, 0.717) is 0 Å². The van der Waals surface area contributed by atoms with Crippen molar-refractivity contribution in [3.63, 3.8) is 0 Å². The van der Waals surface area contributed by atoms with E-state index in [0.717, 1.165) is 67.7 Å². The molecule has 0 aliphatic carbocycles. The Balaban J connectivity index is 1.05. The van der Waals surface area contributed by atoms with Crippen LogP contribution >= 0.6 is 22.7 Å². The van der Waals surface area contributed by atoms with Gasteiger partial charge in [0, 0.05) is 85.4 Å². The van der Waals surface area contributed by atoms with Crippen LogP contribution in [0.1, 0.15) is 0 Å². The van der Waals surface area contributed by atoms with E-state index in [9.17, 15) is 0 Å². The van der Waals surface area contributed by atoms with Crippen LogP contribution in [0.2, 0.25) is 0 Å². The molecule has 0 fully saturated rings. The van der Waals surface area contributed by atoms with Gasteiger partial charge in [-0.05, 0) is 125 Å². The molecule has 10 aromatic carbocycles. The number of hydrogen-bond donors (Lipinski definition) is 0. The molecule has 0 saturated heterocycles. The molecular weight excluding hydrogens is 805 g/mol. The Morgan fingerprint density at radius 2 is 0.889 bits per heavy atom. The van der Waals surface area contributed by atoms with Gasteiger partial charge < -0.3 is 14.5 Å². The monoisotopic (exact) mass is 840 g/mol. The quantitative estimate of drug-likeness (QED) is 0.159. The number of thiophene rings is 2. The lowest BCUT2D eigenvalue weighted by Crippen LogP contribution is -2.13. The molecule has 0 unspecified atom stereocenters. The molecule has 0 amide bonds. The fraction of sp³-hybridized carbons (Fsp3) is 0. The number of fused-ring (bicyclic) bond motifs is 8. The predicted molar refractivity (Wildman–Crippen MR) is 270 cm³/mol. The maximum absolute atomic E-state index is 6.76. The average molecular weight is 841 g/mol. The molecule has 0 N–H and O–H groups in total. The molecule has 0 saturated carbocycles. The van der Waals surface area contributed by atoms with E-state index in [1.54, 1.807) is 0 Å². The van der Waals surface area contributed by atoms with Gasteiger partial charge in [-0.15, -0.1) is 22.7 Å². The highest BCUT2D eigenvalue weighted by molar-refractivity contribution is 7.26. The first-order valence-corrected chi connectivity index (χ1v) is 22.9. The van der Waals surface area contributed by atoms with Crippen LogP contribution in [-0.2, 0) is 0 Å². The van der Waals surface area contributed by atoms with E-state index in [1.165, 1.54) is 51.3 Å². The van der Waals surface area contributed by atoms with E-state index in [2.05, 4.69) is 228 Å². The molecule has 12 aromatic rings. The molecule has 296 valence electrons. The van der Waals surface area contributed by atoms with Crippen LogP contribution in [0.25, 0.3) is 73.4 Å². The highest BCUT2D eigenvalue weighted by Crippen LogP contribution is 2.50. The predicted octanol–water partition coefficient (Wildman–Crippen LogP) is 18.0. The minimum Gasteiger partial charge on any atom is -0.456 e. The van der Waals surface area contributed by atoms with Crippen LogP contribution < -0.4 is 14.5 Å². The summed E-state index contributed by atoms with van der Waals surface area (Å²) in [4.78, 5) is 4.81. The first-order chi connectivity index (χ1) is 31.2. The number of ether oxygens (including phenoxy) is 1. The molecule has 1 aliphatic rings. The van der Waals surface area contributed by atoms with E-state index in [1.807, 2.05) is 22.7 Å². The Labute approximate surface area is 372 Å². The molecular formula is C58H36N2OS2. The van der Waals surface area contributed by atoms with Crippen molar-refractivity contribution in [1.82, 2.24) is 0 Å². The zero-order chi connectivity index (χ0) is 41.4. The number of rotatable bonds is 7. The zero-order valence-corrected chi connectivity index (χ0v) is 35.5. The van der Waals surface area contributed by atoms with Crippen molar-refractivity contribution >= 4 is 108 Å². The van der Waals surface area contributed by atoms with E-state index in [-0.39, 0.29) is 0 Å².